The molecule has 1 unspecified atom stereocenters. The van der Waals surface area contributed by atoms with Gasteiger partial charge in [-0.15, -0.1) is 0 Å². The predicted octanol–water partition coefficient (Wildman–Crippen LogP) is 5.57. The summed E-state index contributed by atoms with van der Waals surface area (Å²) in [6.45, 7) is 5.67. The monoisotopic (exact) mass is 789 g/mol. The van der Waals surface area contributed by atoms with E-state index in [1.54, 1.807) is 49.8 Å². The fraction of sp³-hybridized carbons (Fsp3) is 0.413. The summed E-state index contributed by atoms with van der Waals surface area (Å²) in [6.07, 6.45) is 2.17. The minimum atomic E-state index is -1.15. The summed E-state index contributed by atoms with van der Waals surface area (Å²) >= 11 is 0. The second-order valence-corrected chi connectivity index (χ2v) is 16.8. The van der Waals surface area contributed by atoms with Gasteiger partial charge in [0.2, 0.25) is 23.6 Å². The molecule has 5 amide bonds. The molecule has 58 heavy (non-hydrogen) atoms. The Hall–Kier alpha value is -5.78. The predicted molar refractivity (Wildman–Crippen MR) is 218 cm³/mol. The van der Waals surface area contributed by atoms with Gasteiger partial charge in [0.25, 0.3) is 0 Å². The lowest BCUT2D eigenvalue weighted by Gasteiger charge is -2.44. The van der Waals surface area contributed by atoms with Gasteiger partial charge in [-0.2, -0.15) is 0 Å². The number of benzene rings is 4. The van der Waals surface area contributed by atoms with Gasteiger partial charge in [0.05, 0.1) is 6.54 Å². The maximum Gasteiger partial charge on any atom is 0.411 e. The van der Waals surface area contributed by atoms with Crippen LogP contribution >= 0.6 is 0 Å². The molecule has 2 aliphatic heterocycles. The number of amides is 5. The van der Waals surface area contributed by atoms with Gasteiger partial charge in [0.15, 0.2) is 0 Å². The van der Waals surface area contributed by atoms with Crippen molar-refractivity contribution >= 4 is 40.5 Å². The smallest absolute Gasteiger partial charge is 0.411 e. The molecule has 304 valence electrons. The molecule has 3 aliphatic rings. The molecule has 12 heteroatoms. The van der Waals surface area contributed by atoms with Crippen LogP contribution in [0.5, 0.6) is 0 Å². The highest BCUT2D eigenvalue weighted by molar-refractivity contribution is 5.96. The number of rotatable bonds is 11. The molecule has 11 nitrogen and oxygen atoms in total. The number of likely N-dealkylation sites (N-methyl/N-ethyl adjacent to an activating group) is 1. The van der Waals surface area contributed by atoms with Crippen LogP contribution in [0, 0.1) is 11.7 Å². The minimum absolute atomic E-state index is 0.0218. The molecule has 7 rings (SSSR count). The Morgan fingerprint density at radius 3 is 2.19 bits per heavy atom. The number of nitrogens with zero attached hydrogens (tertiary/aromatic N) is 3. The summed E-state index contributed by atoms with van der Waals surface area (Å²) in [6, 6.07) is 23.5. The van der Waals surface area contributed by atoms with Crippen molar-refractivity contribution in [2.45, 2.75) is 95.6 Å². The summed E-state index contributed by atoms with van der Waals surface area (Å²) in [7, 11) is 1.55. The number of halogens is 1. The van der Waals surface area contributed by atoms with E-state index in [1.165, 1.54) is 17.0 Å². The second-order valence-electron chi connectivity index (χ2n) is 16.8. The van der Waals surface area contributed by atoms with Crippen LogP contribution in [-0.4, -0.2) is 94.3 Å². The molecule has 1 saturated heterocycles. The summed E-state index contributed by atoms with van der Waals surface area (Å²) in [5.74, 6) is -1.80. The van der Waals surface area contributed by atoms with E-state index in [2.05, 4.69) is 10.6 Å². The Labute approximate surface area is 338 Å². The Morgan fingerprint density at radius 2 is 1.50 bits per heavy atom. The minimum Gasteiger partial charge on any atom is -0.444 e. The Balaban J connectivity index is 1.17. The van der Waals surface area contributed by atoms with Crippen molar-refractivity contribution in [1.29, 1.82) is 0 Å². The molecular formula is C46H52FN5O6. The lowest BCUT2D eigenvalue weighted by molar-refractivity contribution is -0.157. The van der Waals surface area contributed by atoms with Crippen LogP contribution in [0.2, 0.25) is 0 Å². The number of hydrogen-bond donors (Lipinski definition) is 2. The molecule has 2 fully saturated rings. The van der Waals surface area contributed by atoms with Gasteiger partial charge in [-0.05, 0) is 78.3 Å². The third kappa shape index (κ3) is 9.33. The molecule has 0 aromatic heterocycles. The summed E-state index contributed by atoms with van der Waals surface area (Å²) in [4.78, 5) is 75.7. The fourth-order valence-corrected chi connectivity index (χ4v) is 8.17. The Morgan fingerprint density at radius 1 is 0.828 bits per heavy atom. The van der Waals surface area contributed by atoms with Crippen LogP contribution in [-0.2, 0) is 49.7 Å². The lowest BCUT2D eigenvalue weighted by atomic mass is 9.93. The number of piperazine rings is 1. The second kappa shape index (κ2) is 17.0. The van der Waals surface area contributed by atoms with E-state index >= 15 is 0 Å². The first-order valence-electron chi connectivity index (χ1n) is 20.2. The average molecular weight is 790 g/mol. The highest BCUT2D eigenvalue weighted by Gasteiger charge is 2.46. The normalized spacial score (nSPS) is 19.3. The number of carbonyl (C=O) groups excluding carboxylic acids is 5. The number of nitrogens with one attached hydrogen (secondary N) is 2. The van der Waals surface area contributed by atoms with E-state index < -0.39 is 53.5 Å². The molecule has 1 saturated carbocycles. The van der Waals surface area contributed by atoms with Gasteiger partial charge in [0.1, 0.15) is 35.6 Å². The van der Waals surface area contributed by atoms with Crippen molar-refractivity contribution in [2.24, 2.45) is 5.92 Å². The third-order valence-corrected chi connectivity index (χ3v) is 11.4. The maximum absolute atomic E-state index is 14.9. The van der Waals surface area contributed by atoms with Gasteiger partial charge in [-0.25, -0.2) is 9.18 Å². The van der Waals surface area contributed by atoms with Crippen molar-refractivity contribution in [2.75, 3.05) is 20.1 Å². The highest BCUT2D eigenvalue weighted by Crippen LogP contribution is 2.37. The van der Waals surface area contributed by atoms with E-state index in [4.69, 9.17) is 4.74 Å². The molecule has 1 aliphatic carbocycles. The third-order valence-electron chi connectivity index (χ3n) is 11.4. The van der Waals surface area contributed by atoms with Crippen molar-refractivity contribution in [3.63, 3.8) is 0 Å². The van der Waals surface area contributed by atoms with Gasteiger partial charge in [-0.3, -0.25) is 24.1 Å². The van der Waals surface area contributed by atoms with Crippen molar-refractivity contribution in [3.05, 3.63) is 119 Å². The van der Waals surface area contributed by atoms with E-state index in [-0.39, 0.29) is 50.2 Å². The molecule has 4 atom stereocenters. The topological polar surface area (TPSA) is 128 Å². The summed E-state index contributed by atoms with van der Waals surface area (Å²) < 4.78 is 19.8. The summed E-state index contributed by atoms with van der Waals surface area (Å²) in [5.41, 5.74) is 2.51. The van der Waals surface area contributed by atoms with Crippen LogP contribution in [0.1, 0.15) is 62.3 Å². The standard InChI is InChI=1S/C46H52FN5O6/c1-46(2,3)58-45(57)52-28-35-12-8-7-11-34(35)27-39(52)42(54)49-37(24-29-16-19-36(47)20-17-29)43(55)51-22-21-50(44(56)40(51)25-30-13-14-30)38(41(53)48-4)26-31-15-18-32-9-5-6-10-33(32)23-31/h5-12,15-20,23,30,37-40H,13-14,21-22,24-28H2,1-4H3,(H,48,53)(H,49,54)/t37-,38+,39?,40+/m1/s1. The van der Waals surface area contributed by atoms with Gasteiger partial charge >= 0.3 is 6.09 Å². The molecule has 0 spiro atoms. The van der Waals surface area contributed by atoms with E-state index in [0.29, 0.717) is 18.4 Å². The first-order valence-corrected chi connectivity index (χ1v) is 20.2. The molecule has 4 aromatic carbocycles. The molecular weight excluding hydrogens is 738 g/mol. The number of carbonyl (C=O) groups is 5. The summed E-state index contributed by atoms with van der Waals surface area (Å²) in [5, 5.41) is 7.83. The van der Waals surface area contributed by atoms with Crippen LogP contribution < -0.4 is 10.6 Å². The van der Waals surface area contributed by atoms with Crippen molar-refractivity contribution < 1.29 is 33.1 Å². The first kappa shape index (κ1) is 40.4. The largest absolute Gasteiger partial charge is 0.444 e. The van der Waals surface area contributed by atoms with Crippen LogP contribution in [0.3, 0.4) is 0 Å². The fourth-order valence-electron chi connectivity index (χ4n) is 8.17. The number of ether oxygens (including phenoxy) is 1. The Bertz CT molecular complexity index is 2180. The van der Waals surface area contributed by atoms with Crippen LogP contribution in [0.4, 0.5) is 9.18 Å². The van der Waals surface area contributed by atoms with Crippen molar-refractivity contribution in [1.82, 2.24) is 25.3 Å². The first-order chi connectivity index (χ1) is 27.8. The Kier molecular flexibility index (Phi) is 11.8. The molecule has 4 aromatic rings. The van der Waals surface area contributed by atoms with E-state index in [1.807, 2.05) is 66.7 Å². The molecule has 2 N–H and O–H groups in total. The quantitative estimate of drug-likeness (QED) is 0.205. The SMILES string of the molecule is CNC(=O)[C@H](Cc1ccc2ccccc2c1)N1CCN(C(=O)[C@@H](Cc2ccc(F)cc2)NC(=O)C2Cc3ccccc3CN2C(=O)OC(C)(C)C)[C@@H](CC2CC2)C1=O. The zero-order valence-corrected chi connectivity index (χ0v) is 33.6. The lowest BCUT2D eigenvalue weighted by Crippen LogP contribution is -2.66. The van der Waals surface area contributed by atoms with Crippen LogP contribution in [0.15, 0.2) is 91.0 Å². The van der Waals surface area contributed by atoms with Gasteiger partial charge in [0, 0.05) is 39.4 Å². The zero-order valence-electron chi connectivity index (χ0n) is 33.6. The molecule has 2 heterocycles. The number of hydrogen-bond acceptors (Lipinski definition) is 6. The van der Waals surface area contributed by atoms with Crippen LogP contribution in [0.25, 0.3) is 10.8 Å². The zero-order chi connectivity index (χ0) is 41.1. The molecule has 0 bridgehead atoms. The average Bonchev–Trinajstić information content (AvgIpc) is 4.04. The van der Waals surface area contributed by atoms with Crippen molar-refractivity contribution in [3.8, 4) is 0 Å². The number of fused-ring (bicyclic) bond motifs is 2. The molecule has 0 radical (unpaired) electrons. The van der Waals surface area contributed by atoms with E-state index in [0.717, 1.165) is 40.3 Å². The van der Waals surface area contributed by atoms with Gasteiger partial charge in [-0.1, -0.05) is 91.7 Å². The van der Waals surface area contributed by atoms with E-state index in [9.17, 15) is 28.4 Å². The highest BCUT2D eigenvalue weighted by atomic mass is 19.1. The van der Waals surface area contributed by atoms with Gasteiger partial charge < -0.3 is 25.2 Å². The maximum atomic E-state index is 14.9.